The number of hydrogen-bond donors (Lipinski definition) is 0. The van der Waals surface area contributed by atoms with Gasteiger partial charge in [-0.3, -0.25) is 27.5 Å². The maximum absolute atomic E-state index is 13.0. The van der Waals surface area contributed by atoms with Crippen LogP contribution in [-0.2, 0) is 33.6 Å². The lowest BCUT2D eigenvalue weighted by Crippen LogP contribution is -2.26. The van der Waals surface area contributed by atoms with Gasteiger partial charge in [0.25, 0.3) is 11.1 Å². The number of rotatable bonds is 6. The molecule has 4 heterocycles. The molecule has 0 saturated carbocycles. The monoisotopic (exact) mass is 545 g/mol. The molecule has 204 valence electrons. The van der Waals surface area contributed by atoms with Crippen molar-refractivity contribution in [2.24, 2.45) is 14.1 Å². The van der Waals surface area contributed by atoms with Crippen LogP contribution in [0.3, 0.4) is 0 Å². The Morgan fingerprint density at radius 3 is 1.68 bits per heavy atom. The lowest BCUT2D eigenvalue weighted by Gasteiger charge is -2.24. The molecule has 0 aliphatic heterocycles. The van der Waals surface area contributed by atoms with Crippen molar-refractivity contribution in [3.63, 3.8) is 0 Å². The highest BCUT2D eigenvalue weighted by molar-refractivity contribution is 5.81. The lowest BCUT2D eigenvalue weighted by molar-refractivity contribution is 0.716. The van der Waals surface area contributed by atoms with Crippen molar-refractivity contribution >= 4 is 39.0 Å². The molecule has 0 N–H and O–H groups in total. The van der Waals surface area contributed by atoms with Gasteiger partial charge in [0.1, 0.15) is 0 Å². The van der Waals surface area contributed by atoms with Crippen molar-refractivity contribution in [2.45, 2.75) is 26.4 Å². The molecule has 7 aromatic rings. The molecule has 0 bridgehead atoms. The van der Waals surface area contributed by atoms with Gasteiger partial charge in [0.15, 0.2) is 11.6 Å². The first-order valence-electron chi connectivity index (χ1n) is 13.4. The van der Waals surface area contributed by atoms with Crippen LogP contribution in [0, 0.1) is 0 Å². The summed E-state index contributed by atoms with van der Waals surface area (Å²) in [7, 11) is 3.42. The van der Waals surface area contributed by atoms with Gasteiger partial charge in [-0.05, 0) is 48.4 Å². The molecule has 0 atom stereocenters. The minimum Gasteiger partial charge on any atom is -0.356 e. The Kier molecular flexibility index (Phi) is 5.67. The van der Waals surface area contributed by atoms with Crippen LogP contribution < -0.4 is 16.0 Å². The summed E-state index contributed by atoms with van der Waals surface area (Å²) in [5.41, 5.74) is 3.45. The molecule has 0 fully saturated rings. The minimum absolute atomic E-state index is 0.119. The van der Waals surface area contributed by atoms with Crippen LogP contribution in [0.2, 0.25) is 0 Å². The van der Waals surface area contributed by atoms with E-state index in [0.29, 0.717) is 47.1 Å². The molecule has 0 unspecified atom stereocenters. The van der Waals surface area contributed by atoms with Gasteiger partial charge in [-0.15, -0.1) is 20.4 Å². The highest BCUT2D eigenvalue weighted by atomic mass is 16.1. The smallest absolute Gasteiger partial charge is 0.262 e. The third kappa shape index (κ3) is 3.80. The third-order valence-corrected chi connectivity index (χ3v) is 7.73. The predicted molar refractivity (Wildman–Crippen MR) is 157 cm³/mol. The fraction of sp³-hybridized carbons (Fsp3) is 0.200. The van der Waals surface area contributed by atoms with Crippen molar-refractivity contribution in [1.29, 1.82) is 0 Å². The average molecular weight is 546 g/mol. The van der Waals surface area contributed by atoms with E-state index in [1.165, 1.54) is 14.7 Å². The standard InChI is InChI=1S/C30H27N9O2/c1-4-19-10-9-11-20(16-19)37(17-25-31-33-29-35(2)27(40)21-12-5-7-14-23(21)38(25)29)18-26-32-34-30-36(3)28(41)22-13-6-8-15-24(22)39(26)30/h5-16H,4,17-18H2,1-3H3. The predicted octanol–water partition coefficient (Wildman–Crippen LogP) is 3.25. The lowest BCUT2D eigenvalue weighted by atomic mass is 10.1. The van der Waals surface area contributed by atoms with Crippen molar-refractivity contribution in [3.05, 3.63) is 111 Å². The van der Waals surface area contributed by atoms with Gasteiger partial charge in [0, 0.05) is 19.8 Å². The summed E-state index contributed by atoms with van der Waals surface area (Å²) in [6, 6.07) is 23.4. The number of aryl methyl sites for hydroxylation is 3. The topological polar surface area (TPSA) is 108 Å². The Hall–Kier alpha value is -5.32. The highest BCUT2D eigenvalue weighted by Gasteiger charge is 2.21. The summed E-state index contributed by atoms with van der Waals surface area (Å²) in [6.07, 6.45) is 0.892. The maximum atomic E-state index is 13.0. The molecule has 11 nitrogen and oxygen atoms in total. The second-order valence-electron chi connectivity index (χ2n) is 10.1. The number of benzene rings is 3. The summed E-state index contributed by atoms with van der Waals surface area (Å²) in [4.78, 5) is 28.2. The fourth-order valence-electron chi connectivity index (χ4n) is 5.54. The molecule has 41 heavy (non-hydrogen) atoms. The molecule has 4 aromatic heterocycles. The second-order valence-corrected chi connectivity index (χ2v) is 10.1. The molecule has 0 saturated heterocycles. The van der Waals surface area contributed by atoms with Gasteiger partial charge >= 0.3 is 0 Å². The molecule has 0 radical (unpaired) electrons. The van der Waals surface area contributed by atoms with Crippen molar-refractivity contribution in [2.75, 3.05) is 4.90 Å². The van der Waals surface area contributed by atoms with Gasteiger partial charge < -0.3 is 4.90 Å². The molecule has 7 rings (SSSR count). The fourth-order valence-corrected chi connectivity index (χ4v) is 5.54. The number of para-hydroxylation sites is 2. The molecule has 3 aromatic carbocycles. The summed E-state index contributed by atoms with van der Waals surface area (Å²) < 4.78 is 6.93. The van der Waals surface area contributed by atoms with Gasteiger partial charge in [0.2, 0.25) is 11.6 Å². The van der Waals surface area contributed by atoms with E-state index in [-0.39, 0.29) is 11.1 Å². The zero-order chi connectivity index (χ0) is 28.2. The van der Waals surface area contributed by atoms with Gasteiger partial charge in [-0.2, -0.15) is 0 Å². The Morgan fingerprint density at radius 1 is 0.659 bits per heavy atom. The first-order valence-corrected chi connectivity index (χ1v) is 13.4. The van der Waals surface area contributed by atoms with E-state index in [4.69, 9.17) is 0 Å². The number of nitrogens with zero attached hydrogens (tertiary/aromatic N) is 9. The van der Waals surface area contributed by atoms with Crippen LogP contribution in [0.4, 0.5) is 5.69 Å². The van der Waals surface area contributed by atoms with E-state index in [2.05, 4.69) is 50.4 Å². The zero-order valence-electron chi connectivity index (χ0n) is 22.9. The average Bonchev–Trinajstić information content (AvgIpc) is 3.63. The highest BCUT2D eigenvalue weighted by Crippen LogP contribution is 2.24. The van der Waals surface area contributed by atoms with Crippen molar-refractivity contribution < 1.29 is 0 Å². The Balaban J connectivity index is 1.42. The number of hydrogen-bond acceptors (Lipinski definition) is 7. The zero-order valence-corrected chi connectivity index (χ0v) is 22.9. The SMILES string of the molecule is CCc1cccc(N(Cc2nnc3n(C)c(=O)c4ccccc4n23)Cc2nnc3n(C)c(=O)c4ccccc4n23)c1. The number of anilines is 1. The Morgan fingerprint density at radius 2 is 1.17 bits per heavy atom. The minimum atomic E-state index is -0.119. The van der Waals surface area contributed by atoms with Crippen molar-refractivity contribution in [1.82, 2.24) is 38.3 Å². The first kappa shape index (κ1) is 24.7. The van der Waals surface area contributed by atoms with Gasteiger partial charge in [-0.1, -0.05) is 43.3 Å². The van der Waals surface area contributed by atoms with E-state index in [1.54, 1.807) is 14.1 Å². The molecule has 0 spiro atoms. The summed E-state index contributed by atoms with van der Waals surface area (Å²) in [5, 5.41) is 19.1. The summed E-state index contributed by atoms with van der Waals surface area (Å²) in [6.45, 7) is 2.89. The Bertz CT molecular complexity index is 2100. The normalized spacial score (nSPS) is 11.8. The molecule has 11 heteroatoms. The van der Waals surface area contributed by atoms with Crippen LogP contribution in [-0.4, -0.2) is 38.3 Å². The van der Waals surface area contributed by atoms with Gasteiger partial charge in [0.05, 0.1) is 34.9 Å². The Labute approximate surface area is 233 Å². The van der Waals surface area contributed by atoms with E-state index in [0.717, 1.165) is 23.1 Å². The van der Waals surface area contributed by atoms with Crippen LogP contribution in [0.15, 0.2) is 82.4 Å². The summed E-state index contributed by atoms with van der Waals surface area (Å²) >= 11 is 0. The molecule has 0 amide bonds. The van der Waals surface area contributed by atoms with Crippen LogP contribution in [0.5, 0.6) is 0 Å². The summed E-state index contributed by atoms with van der Waals surface area (Å²) in [5.74, 6) is 2.30. The maximum Gasteiger partial charge on any atom is 0.262 e. The van der Waals surface area contributed by atoms with Crippen LogP contribution >= 0.6 is 0 Å². The molecular weight excluding hydrogens is 518 g/mol. The second kappa shape index (κ2) is 9.40. The van der Waals surface area contributed by atoms with Crippen LogP contribution in [0.25, 0.3) is 33.4 Å². The number of fused-ring (bicyclic) bond motifs is 6. The molecule has 0 aliphatic rings. The quantitative estimate of drug-likeness (QED) is 0.316. The van der Waals surface area contributed by atoms with E-state index in [9.17, 15) is 9.59 Å². The molecule has 0 aliphatic carbocycles. The van der Waals surface area contributed by atoms with E-state index >= 15 is 0 Å². The largest absolute Gasteiger partial charge is 0.356 e. The van der Waals surface area contributed by atoms with Crippen molar-refractivity contribution in [3.8, 4) is 0 Å². The van der Waals surface area contributed by atoms with E-state index in [1.807, 2.05) is 63.4 Å². The first-order chi connectivity index (χ1) is 20.0. The molecular formula is C30H27N9O2. The van der Waals surface area contributed by atoms with Gasteiger partial charge in [-0.25, -0.2) is 0 Å². The number of aromatic nitrogens is 8. The van der Waals surface area contributed by atoms with E-state index < -0.39 is 0 Å². The third-order valence-electron chi connectivity index (χ3n) is 7.73. The van der Waals surface area contributed by atoms with Crippen LogP contribution in [0.1, 0.15) is 24.1 Å².